The molecule has 17 heavy (non-hydrogen) atoms. The summed E-state index contributed by atoms with van der Waals surface area (Å²) in [5, 5.41) is 6.74. The van der Waals surface area contributed by atoms with Crippen molar-refractivity contribution >= 4 is 12.0 Å². The molecular weight excluding hydrogens is 214 g/mol. The summed E-state index contributed by atoms with van der Waals surface area (Å²) in [6.45, 7) is 0. The van der Waals surface area contributed by atoms with Gasteiger partial charge in [0.2, 0.25) is 5.91 Å². The number of likely N-dealkylation sites (N-methyl/N-ethyl adjacent to an activating group) is 1. The maximum Gasteiger partial charge on any atom is 0.243 e. The molecule has 4 nitrogen and oxygen atoms in total. The third-order valence-electron chi connectivity index (χ3n) is 2.30. The van der Waals surface area contributed by atoms with Crippen molar-refractivity contribution in [1.29, 1.82) is 0 Å². The van der Waals surface area contributed by atoms with Crippen molar-refractivity contribution in [2.45, 2.75) is 0 Å². The molecule has 0 fully saturated rings. The van der Waals surface area contributed by atoms with Crippen LogP contribution in [0.15, 0.2) is 48.8 Å². The lowest BCUT2D eigenvalue weighted by atomic mass is 10.3. The minimum atomic E-state index is -0.127. The molecule has 2 aromatic rings. The molecule has 0 spiro atoms. The molecule has 0 radical (unpaired) electrons. The van der Waals surface area contributed by atoms with E-state index in [1.54, 1.807) is 24.0 Å². The molecule has 1 aromatic carbocycles. The number of carbonyl (C=O) groups is 1. The van der Waals surface area contributed by atoms with E-state index in [1.807, 2.05) is 36.5 Å². The van der Waals surface area contributed by atoms with E-state index in [1.165, 1.54) is 6.08 Å². The quantitative estimate of drug-likeness (QED) is 0.810. The predicted octanol–water partition coefficient (Wildman–Crippen LogP) is 1.63. The summed E-state index contributed by atoms with van der Waals surface area (Å²) >= 11 is 0. The Balaban J connectivity index is 2.17. The Bertz CT molecular complexity index is 529. The predicted molar refractivity (Wildman–Crippen MR) is 66.7 cm³/mol. The van der Waals surface area contributed by atoms with Crippen LogP contribution < -0.4 is 5.32 Å². The number of benzene rings is 1. The number of aromatic nitrogens is 2. The van der Waals surface area contributed by atoms with Crippen LogP contribution in [0.2, 0.25) is 0 Å². The second-order valence-electron chi connectivity index (χ2n) is 3.50. The van der Waals surface area contributed by atoms with Crippen LogP contribution in [0.1, 0.15) is 5.56 Å². The lowest BCUT2D eigenvalue weighted by molar-refractivity contribution is -0.115. The average molecular weight is 227 g/mol. The van der Waals surface area contributed by atoms with Crippen molar-refractivity contribution in [2.75, 3.05) is 7.05 Å². The zero-order chi connectivity index (χ0) is 12.1. The van der Waals surface area contributed by atoms with Gasteiger partial charge in [0, 0.05) is 24.9 Å². The first kappa shape index (κ1) is 11.1. The van der Waals surface area contributed by atoms with Gasteiger partial charge in [-0.1, -0.05) is 18.2 Å². The molecule has 1 aromatic heterocycles. The number of rotatable bonds is 3. The fourth-order valence-corrected chi connectivity index (χ4v) is 1.40. The van der Waals surface area contributed by atoms with Gasteiger partial charge in [-0.25, -0.2) is 4.68 Å². The summed E-state index contributed by atoms with van der Waals surface area (Å²) in [6, 6.07) is 9.81. The normalized spacial score (nSPS) is 10.6. The molecule has 0 aliphatic carbocycles. The maximum absolute atomic E-state index is 11.0. The molecule has 0 saturated carbocycles. The van der Waals surface area contributed by atoms with E-state index in [0.717, 1.165) is 11.3 Å². The SMILES string of the molecule is CNC(=O)/C=C/c1cnn(-c2ccccc2)c1. The molecule has 0 unspecified atom stereocenters. The number of nitrogens with zero attached hydrogens (tertiary/aromatic N) is 2. The van der Waals surface area contributed by atoms with Gasteiger partial charge < -0.3 is 5.32 Å². The van der Waals surface area contributed by atoms with Crippen molar-refractivity contribution < 1.29 is 4.79 Å². The number of hydrogen-bond donors (Lipinski definition) is 1. The van der Waals surface area contributed by atoms with Crippen molar-refractivity contribution in [2.24, 2.45) is 0 Å². The van der Waals surface area contributed by atoms with Crippen molar-refractivity contribution in [3.63, 3.8) is 0 Å². The first-order valence-corrected chi connectivity index (χ1v) is 5.29. The van der Waals surface area contributed by atoms with Gasteiger partial charge in [-0.05, 0) is 18.2 Å². The molecular formula is C13H13N3O. The van der Waals surface area contributed by atoms with E-state index in [0.29, 0.717) is 0 Å². The summed E-state index contributed by atoms with van der Waals surface area (Å²) < 4.78 is 1.77. The Morgan fingerprint density at radius 3 is 2.82 bits per heavy atom. The molecule has 0 bridgehead atoms. The van der Waals surface area contributed by atoms with Gasteiger partial charge in [0.05, 0.1) is 11.9 Å². The molecule has 2 rings (SSSR count). The minimum absolute atomic E-state index is 0.127. The van der Waals surface area contributed by atoms with E-state index < -0.39 is 0 Å². The van der Waals surface area contributed by atoms with Crippen LogP contribution in [0.3, 0.4) is 0 Å². The number of amides is 1. The van der Waals surface area contributed by atoms with E-state index in [9.17, 15) is 4.79 Å². The number of para-hydroxylation sites is 1. The summed E-state index contributed by atoms with van der Waals surface area (Å²) in [4.78, 5) is 11.0. The maximum atomic E-state index is 11.0. The highest BCUT2D eigenvalue weighted by Crippen LogP contribution is 2.08. The fourth-order valence-electron chi connectivity index (χ4n) is 1.40. The van der Waals surface area contributed by atoms with Crippen molar-refractivity contribution in [3.8, 4) is 5.69 Å². The van der Waals surface area contributed by atoms with E-state index in [2.05, 4.69) is 10.4 Å². The fraction of sp³-hybridized carbons (Fsp3) is 0.0769. The highest BCUT2D eigenvalue weighted by molar-refractivity contribution is 5.91. The van der Waals surface area contributed by atoms with Crippen LogP contribution >= 0.6 is 0 Å². The summed E-state index contributed by atoms with van der Waals surface area (Å²) in [5.74, 6) is -0.127. The second-order valence-corrected chi connectivity index (χ2v) is 3.50. The third-order valence-corrected chi connectivity index (χ3v) is 2.30. The van der Waals surface area contributed by atoms with Crippen LogP contribution in [0.5, 0.6) is 0 Å². The molecule has 1 amide bonds. The van der Waals surface area contributed by atoms with Gasteiger partial charge in [0.1, 0.15) is 0 Å². The van der Waals surface area contributed by atoms with Crippen molar-refractivity contribution in [1.82, 2.24) is 15.1 Å². The molecule has 1 heterocycles. The van der Waals surface area contributed by atoms with E-state index in [-0.39, 0.29) is 5.91 Å². The summed E-state index contributed by atoms with van der Waals surface area (Å²) in [5.41, 5.74) is 1.88. The molecule has 0 saturated heterocycles. The van der Waals surface area contributed by atoms with Gasteiger partial charge in [0.25, 0.3) is 0 Å². The average Bonchev–Trinajstić information content (AvgIpc) is 2.86. The molecule has 0 aliphatic heterocycles. The smallest absolute Gasteiger partial charge is 0.243 e. The monoisotopic (exact) mass is 227 g/mol. The lowest BCUT2D eigenvalue weighted by Gasteiger charge is -1.98. The Morgan fingerprint density at radius 1 is 1.35 bits per heavy atom. The topological polar surface area (TPSA) is 46.9 Å². The minimum Gasteiger partial charge on any atom is -0.356 e. The van der Waals surface area contributed by atoms with Crippen LogP contribution in [-0.2, 0) is 4.79 Å². The Morgan fingerprint density at radius 2 is 2.12 bits per heavy atom. The summed E-state index contributed by atoms with van der Waals surface area (Å²) in [7, 11) is 1.60. The Hall–Kier alpha value is -2.36. The van der Waals surface area contributed by atoms with Crippen LogP contribution in [-0.4, -0.2) is 22.7 Å². The van der Waals surface area contributed by atoms with Crippen LogP contribution in [0.25, 0.3) is 11.8 Å². The molecule has 0 atom stereocenters. The zero-order valence-electron chi connectivity index (χ0n) is 9.50. The standard InChI is InChI=1S/C13H13N3O/c1-14-13(17)8-7-11-9-15-16(10-11)12-5-3-2-4-6-12/h2-10H,1H3,(H,14,17)/b8-7+. The lowest BCUT2D eigenvalue weighted by Crippen LogP contribution is -2.13. The van der Waals surface area contributed by atoms with Crippen LogP contribution in [0.4, 0.5) is 0 Å². The highest BCUT2D eigenvalue weighted by Gasteiger charge is 1.98. The van der Waals surface area contributed by atoms with Gasteiger partial charge in [0.15, 0.2) is 0 Å². The number of hydrogen-bond acceptors (Lipinski definition) is 2. The first-order valence-electron chi connectivity index (χ1n) is 5.29. The van der Waals surface area contributed by atoms with E-state index >= 15 is 0 Å². The van der Waals surface area contributed by atoms with Gasteiger partial charge in [-0.3, -0.25) is 4.79 Å². The van der Waals surface area contributed by atoms with Crippen LogP contribution in [0, 0.1) is 0 Å². The molecule has 86 valence electrons. The zero-order valence-corrected chi connectivity index (χ0v) is 9.50. The molecule has 0 aliphatic rings. The third kappa shape index (κ3) is 2.81. The first-order chi connectivity index (χ1) is 8.29. The van der Waals surface area contributed by atoms with E-state index in [4.69, 9.17) is 0 Å². The highest BCUT2D eigenvalue weighted by atomic mass is 16.1. The second kappa shape index (κ2) is 5.12. The molecule has 1 N–H and O–H groups in total. The summed E-state index contributed by atoms with van der Waals surface area (Å²) in [6.07, 6.45) is 6.79. The van der Waals surface area contributed by atoms with Gasteiger partial charge in [-0.15, -0.1) is 0 Å². The van der Waals surface area contributed by atoms with Gasteiger partial charge in [-0.2, -0.15) is 5.10 Å². The largest absolute Gasteiger partial charge is 0.356 e. The van der Waals surface area contributed by atoms with Crippen molar-refractivity contribution in [3.05, 3.63) is 54.4 Å². The number of nitrogens with one attached hydrogen (secondary N) is 1. The Labute approximate surface area is 99.6 Å². The number of carbonyl (C=O) groups excluding carboxylic acids is 1. The Kier molecular flexibility index (Phi) is 3.35. The van der Waals surface area contributed by atoms with Gasteiger partial charge >= 0.3 is 0 Å². The molecule has 4 heteroatoms.